The summed E-state index contributed by atoms with van der Waals surface area (Å²) in [6, 6.07) is 1.85. The van der Waals surface area contributed by atoms with Gasteiger partial charge in [0.25, 0.3) is 0 Å². The second-order valence-electron chi connectivity index (χ2n) is 4.78. The van der Waals surface area contributed by atoms with E-state index in [1.54, 1.807) is 13.8 Å². The van der Waals surface area contributed by atoms with Gasteiger partial charge in [-0.1, -0.05) is 26.8 Å². The number of halogens is 1. The number of aromatic hydroxyl groups is 1. The molecule has 78 valence electrons. The highest BCUT2D eigenvalue weighted by Gasteiger charge is 2.21. The van der Waals surface area contributed by atoms with Gasteiger partial charge in [0, 0.05) is 0 Å². The Balaban J connectivity index is 3.49. The van der Waals surface area contributed by atoms with E-state index in [4.69, 9.17) is 0 Å². The highest BCUT2D eigenvalue weighted by Crippen LogP contribution is 2.33. The Hall–Kier alpha value is -1.05. The van der Waals surface area contributed by atoms with Crippen molar-refractivity contribution in [2.75, 3.05) is 0 Å². The van der Waals surface area contributed by atoms with Gasteiger partial charge in [-0.15, -0.1) is 0 Å². The summed E-state index contributed by atoms with van der Waals surface area (Å²) in [7, 11) is 0. The molecule has 1 aromatic carbocycles. The number of hydrogen-bond donors (Lipinski definition) is 1. The third kappa shape index (κ3) is 1.74. The smallest absolute Gasteiger partial charge is 0.168 e. The van der Waals surface area contributed by atoms with E-state index in [0.29, 0.717) is 11.1 Å². The van der Waals surface area contributed by atoms with Gasteiger partial charge in [-0.3, -0.25) is 0 Å². The minimum Gasteiger partial charge on any atom is -0.505 e. The summed E-state index contributed by atoms with van der Waals surface area (Å²) in [5.41, 5.74) is 1.99. The van der Waals surface area contributed by atoms with Gasteiger partial charge >= 0.3 is 0 Å². The van der Waals surface area contributed by atoms with Crippen LogP contribution in [0.3, 0.4) is 0 Å². The van der Waals surface area contributed by atoms with Crippen LogP contribution in [0.4, 0.5) is 4.39 Å². The molecule has 0 unspecified atom stereocenters. The molecule has 1 aromatic rings. The van der Waals surface area contributed by atoms with E-state index < -0.39 is 5.82 Å². The fourth-order valence-electron chi connectivity index (χ4n) is 1.64. The van der Waals surface area contributed by atoms with Crippen LogP contribution in [0.1, 0.15) is 37.5 Å². The molecule has 0 atom stereocenters. The maximum Gasteiger partial charge on any atom is 0.168 e. The second-order valence-corrected chi connectivity index (χ2v) is 4.78. The van der Waals surface area contributed by atoms with E-state index in [1.807, 2.05) is 26.8 Å². The highest BCUT2D eigenvalue weighted by atomic mass is 19.1. The van der Waals surface area contributed by atoms with E-state index >= 15 is 0 Å². The van der Waals surface area contributed by atoms with Crippen molar-refractivity contribution in [2.45, 2.75) is 40.0 Å². The average Bonchev–Trinajstić information content (AvgIpc) is 2.06. The van der Waals surface area contributed by atoms with Crippen molar-refractivity contribution in [1.29, 1.82) is 0 Å². The molecule has 0 spiro atoms. The Morgan fingerprint density at radius 3 is 2.14 bits per heavy atom. The number of phenolic OH excluding ortho intramolecular Hbond substituents is 1. The fraction of sp³-hybridized carbons (Fsp3) is 0.500. The summed E-state index contributed by atoms with van der Waals surface area (Å²) in [5, 5.41) is 9.40. The SMILES string of the molecule is Cc1cc(C(C)(C)C)c(C)c(F)c1O. The molecule has 0 bridgehead atoms. The molecule has 0 fully saturated rings. The number of benzene rings is 1. The van der Waals surface area contributed by atoms with Crippen molar-refractivity contribution in [3.05, 3.63) is 28.6 Å². The van der Waals surface area contributed by atoms with Gasteiger partial charge in [-0.25, -0.2) is 4.39 Å². The Kier molecular flexibility index (Phi) is 2.57. The molecule has 0 saturated heterocycles. The lowest BCUT2D eigenvalue weighted by molar-refractivity contribution is 0.423. The average molecular weight is 196 g/mol. The molecule has 14 heavy (non-hydrogen) atoms. The van der Waals surface area contributed by atoms with Crippen LogP contribution < -0.4 is 0 Å². The van der Waals surface area contributed by atoms with Crippen molar-refractivity contribution in [3.63, 3.8) is 0 Å². The van der Waals surface area contributed by atoms with E-state index in [0.717, 1.165) is 5.56 Å². The van der Waals surface area contributed by atoms with Gasteiger partial charge in [0.05, 0.1) is 0 Å². The topological polar surface area (TPSA) is 20.2 Å². The number of aryl methyl sites for hydroxylation is 1. The molecule has 1 nitrogen and oxygen atoms in total. The predicted octanol–water partition coefficient (Wildman–Crippen LogP) is 3.45. The first-order chi connectivity index (χ1) is 6.25. The summed E-state index contributed by atoms with van der Waals surface area (Å²) < 4.78 is 13.5. The Labute approximate surface area is 84.6 Å². The first-order valence-corrected chi connectivity index (χ1v) is 4.74. The minimum absolute atomic E-state index is 0.0939. The summed E-state index contributed by atoms with van der Waals surface area (Å²) in [6.07, 6.45) is 0. The Morgan fingerprint density at radius 2 is 1.71 bits per heavy atom. The fourth-order valence-corrected chi connectivity index (χ4v) is 1.64. The zero-order valence-electron chi connectivity index (χ0n) is 9.40. The van der Waals surface area contributed by atoms with Gasteiger partial charge < -0.3 is 5.11 Å². The summed E-state index contributed by atoms with van der Waals surface area (Å²) >= 11 is 0. The number of hydrogen-bond acceptors (Lipinski definition) is 1. The Morgan fingerprint density at radius 1 is 1.21 bits per heavy atom. The van der Waals surface area contributed by atoms with E-state index in [1.165, 1.54) is 0 Å². The zero-order valence-corrected chi connectivity index (χ0v) is 9.40. The molecule has 0 radical (unpaired) electrons. The third-order valence-electron chi connectivity index (χ3n) is 2.48. The van der Waals surface area contributed by atoms with Crippen LogP contribution in [0.2, 0.25) is 0 Å². The van der Waals surface area contributed by atoms with Gasteiger partial charge in [0.15, 0.2) is 11.6 Å². The van der Waals surface area contributed by atoms with Crippen LogP contribution in [0, 0.1) is 19.7 Å². The van der Waals surface area contributed by atoms with Crippen LogP contribution in [-0.4, -0.2) is 5.11 Å². The van der Waals surface area contributed by atoms with Crippen molar-refractivity contribution in [2.24, 2.45) is 0 Å². The van der Waals surface area contributed by atoms with Crippen LogP contribution in [0.15, 0.2) is 6.07 Å². The van der Waals surface area contributed by atoms with Crippen molar-refractivity contribution in [1.82, 2.24) is 0 Å². The highest BCUT2D eigenvalue weighted by molar-refractivity contribution is 5.44. The van der Waals surface area contributed by atoms with Crippen molar-refractivity contribution < 1.29 is 9.50 Å². The van der Waals surface area contributed by atoms with Crippen molar-refractivity contribution in [3.8, 4) is 5.75 Å². The molecule has 1 rings (SSSR count). The van der Waals surface area contributed by atoms with Crippen LogP contribution >= 0.6 is 0 Å². The van der Waals surface area contributed by atoms with E-state index in [2.05, 4.69) is 0 Å². The molecule has 2 heteroatoms. The first kappa shape index (κ1) is 11.0. The molecule has 0 heterocycles. The quantitative estimate of drug-likeness (QED) is 0.673. The lowest BCUT2D eigenvalue weighted by atomic mass is 9.83. The van der Waals surface area contributed by atoms with Crippen LogP contribution in [0.25, 0.3) is 0 Å². The minimum atomic E-state index is -0.491. The molecular formula is C12H17FO. The molecule has 0 aliphatic carbocycles. The summed E-state index contributed by atoms with van der Waals surface area (Å²) in [6.45, 7) is 9.52. The lowest BCUT2D eigenvalue weighted by Crippen LogP contribution is -2.14. The number of rotatable bonds is 0. The van der Waals surface area contributed by atoms with Gasteiger partial charge in [-0.2, -0.15) is 0 Å². The van der Waals surface area contributed by atoms with Gasteiger partial charge in [0.1, 0.15) is 0 Å². The molecule has 0 aliphatic heterocycles. The standard InChI is InChI=1S/C12H17FO/c1-7-6-9(12(3,4)5)8(2)10(13)11(7)14/h6,14H,1-5H3. The predicted molar refractivity (Wildman–Crippen MR) is 56.2 cm³/mol. The Bertz CT molecular complexity index is 362. The first-order valence-electron chi connectivity index (χ1n) is 4.74. The van der Waals surface area contributed by atoms with Crippen molar-refractivity contribution >= 4 is 0 Å². The summed E-state index contributed by atoms with van der Waals surface area (Å²) in [4.78, 5) is 0. The van der Waals surface area contributed by atoms with Gasteiger partial charge in [0.2, 0.25) is 0 Å². The normalized spacial score (nSPS) is 11.9. The van der Waals surface area contributed by atoms with Crippen LogP contribution in [-0.2, 0) is 5.41 Å². The third-order valence-corrected chi connectivity index (χ3v) is 2.48. The zero-order chi connectivity index (χ0) is 11.1. The molecule has 0 saturated carbocycles. The maximum atomic E-state index is 13.5. The molecule has 1 N–H and O–H groups in total. The van der Waals surface area contributed by atoms with Gasteiger partial charge in [-0.05, 0) is 36.0 Å². The monoisotopic (exact) mass is 196 g/mol. The van der Waals surface area contributed by atoms with Crippen LogP contribution in [0.5, 0.6) is 5.75 Å². The van der Waals surface area contributed by atoms with E-state index in [-0.39, 0.29) is 11.2 Å². The largest absolute Gasteiger partial charge is 0.505 e. The molecular weight excluding hydrogens is 179 g/mol. The second kappa shape index (κ2) is 3.26. The summed E-state index contributed by atoms with van der Waals surface area (Å²) in [5.74, 6) is -0.717. The number of phenols is 1. The maximum absolute atomic E-state index is 13.5. The molecule has 0 aromatic heterocycles. The molecule has 0 amide bonds. The lowest BCUT2D eigenvalue weighted by Gasteiger charge is -2.23. The molecule has 0 aliphatic rings. The van der Waals surface area contributed by atoms with E-state index in [9.17, 15) is 9.50 Å².